The number of Topliss-reactive ketones (excluding diaryl/α,β-unsaturated/α-hetero) is 1. The SMILES string of the molecule is C[C@H](CC(=O)Nc1nc2c(s1)C(=O)CC(C)(C)C2)c1ccccc1. The number of aromatic nitrogens is 1. The van der Waals surface area contributed by atoms with E-state index in [1.54, 1.807) is 0 Å². The fourth-order valence-electron chi connectivity index (χ4n) is 3.12. The number of hydrogen-bond donors (Lipinski definition) is 1. The maximum Gasteiger partial charge on any atom is 0.226 e. The molecular formula is C19H22N2O2S. The molecule has 126 valence electrons. The molecule has 1 heterocycles. The number of nitrogens with one attached hydrogen (secondary N) is 1. The van der Waals surface area contributed by atoms with E-state index < -0.39 is 0 Å². The van der Waals surface area contributed by atoms with E-state index >= 15 is 0 Å². The third kappa shape index (κ3) is 3.73. The van der Waals surface area contributed by atoms with Crippen molar-refractivity contribution in [1.29, 1.82) is 0 Å². The number of carbonyl (C=O) groups is 2. The number of anilines is 1. The number of carbonyl (C=O) groups excluding carboxylic acids is 2. The quantitative estimate of drug-likeness (QED) is 0.894. The summed E-state index contributed by atoms with van der Waals surface area (Å²) in [6.45, 7) is 6.19. The van der Waals surface area contributed by atoms with Crippen LogP contribution in [0.4, 0.5) is 5.13 Å². The van der Waals surface area contributed by atoms with E-state index in [1.807, 2.05) is 37.3 Å². The highest BCUT2D eigenvalue weighted by atomic mass is 32.1. The van der Waals surface area contributed by atoms with E-state index in [2.05, 4.69) is 24.1 Å². The molecule has 0 aliphatic heterocycles. The summed E-state index contributed by atoms with van der Waals surface area (Å²) in [5.41, 5.74) is 1.91. The molecule has 0 spiro atoms. The van der Waals surface area contributed by atoms with Gasteiger partial charge in [-0.25, -0.2) is 4.98 Å². The molecule has 2 aromatic rings. The smallest absolute Gasteiger partial charge is 0.226 e. The summed E-state index contributed by atoms with van der Waals surface area (Å²) in [5, 5.41) is 3.40. The molecule has 1 amide bonds. The molecule has 0 fully saturated rings. The van der Waals surface area contributed by atoms with Crippen LogP contribution in [-0.2, 0) is 11.2 Å². The first-order valence-corrected chi connectivity index (χ1v) is 9.03. The van der Waals surface area contributed by atoms with Crippen LogP contribution in [0.5, 0.6) is 0 Å². The van der Waals surface area contributed by atoms with Crippen LogP contribution in [0.2, 0.25) is 0 Å². The summed E-state index contributed by atoms with van der Waals surface area (Å²) in [4.78, 5) is 29.7. The first kappa shape index (κ1) is 16.8. The molecule has 3 rings (SSSR count). The number of rotatable bonds is 4. The number of nitrogens with zero attached hydrogens (tertiary/aromatic N) is 1. The first-order valence-electron chi connectivity index (χ1n) is 8.22. The second-order valence-electron chi connectivity index (χ2n) is 7.30. The van der Waals surface area contributed by atoms with Gasteiger partial charge in [0.15, 0.2) is 10.9 Å². The predicted molar refractivity (Wildman–Crippen MR) is 96.7 cm³/mol. The van der Waals surface area contributed by atoms with Crippen LogP contribution in [0.25, 0.3) is 0 Å². The van der Waals surface area contributed by atoms with Crippen molar-refractivity contribution in [2.75, 3.05) is 5.32 Å². The van der Waals surface area contributed by atoms with Crippen LogP contribution < -0.4 is 5.32 Å². The topological polar surface area (TPSA) is 59.1 Å². The number of hydrogen-bond acceptors (Lipinski definition) is 4. The van der Waals surface area contributed by atoms with Gasteiger partial charge in [-0.15, -0.1) is 0 Å². The number of fused-ring (bicyclic) bond motifs is 1. The van der Waals surface area contributed by atoms with Gasteiger partial charge in [-0.3, -0.25) is 9.59 Å². The molecule has 1 N–H and O–H groups in total. The van der Waals surface area contributed by atoms with E-state index in [0.29, 0.717) is 22.9 Å². The minimum atomic E-state index is -0.0656. The van der Waals surface area contributed by atoms with Crippen molar-refractivity contribution in [3.8, 4) is 0 Å². The van der Waals surface area contributed by atoms with E-state index in [0.717, 1.165) is 17.7 Å². The van der Waals surface area contributed by atoms with Gasteiger partial charge in [0.05, 0.1) is 10.6 Å². The fourth-order valence-corrected chi connectivity index (χ4v) is 4.06. The van der Waals surface area contributed by atoms with Crippen LogP contribution in [0.3, 0.4) is 0 Å². The average molecular weight is 342 g/mol. The van der Waals surface area contributed by atoms with E-state index in [9.17, 15) is 9.59 Å². The second-order valence-corrected chi connectivity index (χ2v) is 8.30. The van der Waals surface area contributed by atoms with Gasteiger partial charge in [0.25, 0.3) is 0 Å². The number of ketones is 1. The minimum absolute atomic E-state index is 0.0543. The van der Waals surface area contributed by atoms with Crippen molar-refractivity contribution in [3.05, 3.63) is 46.5 Å². The second kappa shape index (κ2) is 6.48. The summed E-state index contributed by atoms with van der Waals surface area (Å²) in [6.07, 6.45) is 1.72. The predicted octanol–water partition coefficient (Wildman–Crippen LogP) is 4.43. The van der Waals surface area contributed by atoms with Crippen molar-refractivity contribution in [2.45, 2.75) is 46.0 Å². The third-order valence-corrected chi connectivity index (χ3v) is 5.40. The highest BCUT2D eigenvalue weighted by Gasteiger charge is 2.34. The monoisotopic (exact) mass is 342 g/mol. The standard InChI is InChI=1S/C19H22N2O2S/c1-12(13-7-5-4-6-8-13)9-16(23)21-18-20-14-10-19(2,3)11-15(22)17(14)24-18/h4-8,12H,9-11H2,1-3H3,(H,20,21,23)/t12-/m1/s1. The lowest BCUT2D eigenvalue weighted by atomic mass is 9.78. The largest absolute Gasteiger partial charge is 0.302 e. The maximum absolute atomic E-state index is 12.3. The molecular weight excluding hydrogens is 320 g/mol. The Morgan fingerprint density at radius 3 is 2.71 bits per heavy atom. The van der Waals surface area contributed by atoms with Crippen LogP contribution in [0.15, 0.2) is 30.3 Å². The molecule has 0 saturated carbocycles. The zero-order valence-corrected chi connectivity index (χ0v) is 15.1. The molecule has 0 radical (unpaired) electrons. The third-order valence-electron chi connectivity index (χ3n) is 4.34. The van der Waals surface area contributed by atoms with Crippen molar-refractivity contribution in [1.82, 2.24) is 4.98 Å². The molecule has 1 atom stereocenters. The fraction of sp³-hybridized carbons (Fsp3) is 0.421. The van der Waals surface area contributed by atoms with Gasteiger partial charge in [-0.05, 0) is 23.3 Å². The highest BCUT2D eigenvalue weighted by molar-refractivity contribution is 7.17. The number of benzene rings is 1. The van der Waals surface area contributed by atoms with E-state index in [1.165, 1.54) is 11.3 Å². The van der Waals surface area contributed by atoms with Gasteiger partial charge in [-0.2, -0.15) is 0 Å². The number of amides is 1. The summed E-state index contributed by atoms with van der Waals surface area (Å²) < 4.78 is 0. The van der Waals surface area contributed by atoms with E-state index in [-0.39, 0.29) is 23.0 Å². The van der Waals surface area contributed by atoms with Crippen molar-refractivity contribution < 1.29 is 9.59 Å². The Labute approximate surface area is 146 Å². The van der Waals surface area contributed by atoms with Crippen molar-refractivity contribution in [2.24, 2.45) is 5.41 Å². The Morgan fingerprint density at radius 2 is 2.00 bits per heavy atom. The molecule has 4 nitrogen and oxygen atoms in total. The Balaban J connectivity index is 1.67. The minimum Gasteiger partial charge on any atom is -0.302 e. The van der Waals surface area contributed by atoms with E-state index in [4.69, 9.17) is 0 Å². The molecule has 0 saturated heterocycles. The van der Waals surface area contributed by atoms with Gasteiger partial charge in [-0.1, -0.05) is 62.4 Å². The molecule has 0 bridgehead atoms. The van der Waals surface area contributed by atoms with Crippen LogP contribution >= 0.6 is 11.3 Å². The first-order chi connectivity index (χ1) is 11.3. The zero-order chi connectivity index (χ0) is 17.3. The Morgan fingerprint density at radius 1 is 1.29 bits per heavy atom. The van der Waals surface area contributed by atoms with Gasteiger partial charge in [0.1, 0.15) is 0 Å². The van der Waals surface area contributed by atoms with Gasteiger partial charge >= 0.3 is 0 Å². The average Bonchev–Trinajstić information content (AvgIpc) is 2.89. The molecule has 1 aromatic heterocycles. The number of thiazole rings is 1. The summed E-state index contributed by atoms with van der Waals surface area (Å²) in [7, 11) is 0. The van der Waals surface area contributed by atoms with Crippen LogP contribution in [0, 0.1) is 5.41 Å². The molecule has 1 aliphatic rings. The molecule has 0 unspecified atom stereocenters. The summed E-state index contributed by atoms with van der Waals surface area (Å²) in [6, 6.07) is 9.98. The van der Waals surface area contributed by atoms with Crippen molar-refractivity contribution in [3.63, 3.8) is 0 Å². The lowest BCUT2D eigenvalue weighted by Crippen LogP contribution is -2.26. The lowest BCUT2D eigenvalue weighted by Gasteiger charge is -2.26. The normalized spacial score (nSPS) is 17.2. The Kier molecular flexibility index (Phi) is 4.54. The molecule has 24 heavy (non-hydrogen) atoms. The molecule has 1 aromatic carbocycles. The van der Waals surface area contributed by atoms with Crippen LogP contribution in [-0.4, -0.2) is 16.7 Å². The molecule has 5 heteroatoms. The zero-order valence-electron chi connectivity index (χ0n) is 14.3. The van der Waals surface area contributed by atoms with Gasteiger partial charge < -0.3 is 5.32 Å². The summed E-state index contributed by atoms with van der Waals surface area (Å²) >= 11 is 1.30. The Hall–Kier alpha value is -2.01. The highest BCUT2D eigenvalue weighted by Crippen LogP contribution is 2.38. The van der Waals surface area contributed by atoms with Crippen LogP contribution in [0.1, 0.15) is 60.5 Å². The summed E-state index contributed by atoms with van der Waals surface area (Å²) in [5.74, 6) is 0.211. The lowest BCUT2D eigenvalue weighted by molar-refractivity contribution is -0.116. The van der Waals surface area contributed by atoms with Gasteiger partial charge in [0, 0.05) is 12.8 Å². The Bertz CT molecular complexity index is 765. The van der Waals surface area contributed by atoms with Gasteiger partial charge in [0.2, 0.25) is 5.91 Å². The maximum atomic E-state index is 12.3. The van der Waals surface area contributed by atoms with Crippen molar-refractivity contribution >= 4 is 28.2 Å². The molecule has 1 aliphatic carbocycles.